The van der Waals surface area contributed by atoms with E-state index in [1.54, 1.807) is 0 Å². The van der Waals surface area contributed by atoms with Crippen molar-refractivity contribution in [3.63, 3.8) is 0 Å². The Hall–Kier alpha value is -1.97. The van der Waals surface area contributed by atoms with Crippen molar-refractivity contribution in [2.24, 2.45) is 0 Å². The van der Waals surface area contributed by atoms with E-state index in [2.05, 4.69) is 20.1 Å². The zero-order valence-electron chi connectivity index (χ0n) is 15.8. The first kappa shape index (κ1) is 18.1. The summed E-state index contributed by atoms with van der Waals surface area (Å²) in [4.78, 5) is 25.5. The molecule has 0 saturated carbocycles. The Bertz CT molecular complexity index is 868. The molecule has 3 aliphatic rings. The molecule has 2 aromatic rings. The molecule has 1 atom stereocenters. The summed E-state index contributed by atoms with van der Waals surface area (Å²) < 4.78 is 0. The zero-order chi connectivity index (χ0) is 19.1. The lowest BCUT2D eigenvalue weighted by Gasteiger charge is -2.29. The number of aromatic nitrogens is 4. The van der Waals surface area contributed by atoms with Crippen LogP contribution < -0.4 is 20.0 Å². The number of fused-ring (bicyclic) bond motifs is 1. The minimum Gasteiger partial charge on any atom is -0.391 e. The summed E-state index contributed by atoms with van der Waals surface area (Å²) in [6, 6.07) is 0. The Labute approximate surface area is 168 Å². The Morgan fingerprint density at radius 1 is 0.857 bits per heavy atom. The zero-order valence-corrected chi connectivity index (χ0v) is 16.6. The van der Waals surface area contributed by atoms with E-state index in [1.807, 2.05) is 4.90 Å². The molecule has 2 N–H and O–H groups in total. The van der Waals surface area contributed by atoms with Gasteiger partial charge in [0.25, 0.3) is 0 Å². The predicted octanol–water partition coefficient (Wildman–Crippen LogP) is 0.654. The topological polar surface area (TPSA) is 93.5 Å². The van der Waals surface area contributed by atoms with E-state index < -0.39 is 0 Å². The maximum Gasteiger partial charge on any atom is 0.229 e. The second-order valence-electron chi connectivity index (χ2n) is 7.68. The number of β-amino-alcohol motifs (C(OH)–C–C–N with tert-alkyl or cyclic N) is 1. The van der Waals surface area contributed by atoms with Gasteiger partial charge < -0.3 is 25.1 Å². The van der Waals surface area contributed by atoms with E-state index in [-0.39, 0.29) is 6.10 Å². The largest absolute Gasteiger partial charge is 0.391 e. The molecular formula is C18H25ClN8O. The molecule has 0 aliphatic carbocycles. The lowest BCUT2D eigenvalue weighted by atomic mass is 10.3. The summed E-state index contributed by atoms with van der Waals surface area (Å²) in [6.07, 6.45) is 2.67. The Morgan fingerprint density at radius 3 is 2.36 bits per heavy atom. The summed E-state index contributed by atoms with van der Waals surface area (Å²) in [7, 11) is 0. The lowest BCUT2D eigenvalue weighted by molar-refractivity contribution is 0.198. The van der Waals surface area contributed by atoms with E-state index in [4.69, 9.17) is 26.6 Å². The second-order valence-corrected chi connectivity index (χ2v) is 8.04. The van der Waals surface area contributed by atoms with E-state index in [1.165, 1.54) is 0 Å². The minimum atomic E-state index is -0.351. The molecule has 1 unspecified atom stereocenters. The van der Waals surface area contributed by atoms with E-state index >= 15 is 0 Å². The molecule has 0 aromatic carbocycles. The highest BCUT2D eigenvalue weighted by molar-refractivity contribution is 6.32. The molecule has 28 heavy (non-hydrogen) atoms. The van der Waals surface area contributed by atoms with Crippen molar-refractivity contribution < 1.29 is 5.11 Å². The van der Waals surface area contributed by atoms with Crippen LogP contribution in [0.1, 0.15) is 19.3 Å². The van der Waals surface area contributed by atoms with Gasteiger partial charge in [0.1, 0.15) is 0 Å². The molecule has 0 amide bonds. The number of piperazine rings is 1. The number of rotatable bonds is 3. The SMILES string of the molecule is OC1CCN(c2nc3nc(N4CCNCC4)nc(N4CCCC4)c3nc2Cl)C1. The number of anilines is 3. The Kier molecular flexibility index (Phi) is 4.82. The van der Waals surface area contributed by atoms with Crippen LogP contribution in [0.5, 0.6) is 0 Å². The average Bonchev–Trinajstić information content (AvgIpc) is 3.39. The molecule has 9 nitrogen and oxygen atoms in total. The van der Waals surface area contributed by atoms with Crippen LogP contribution in [0.15, 0.2) is 0 Å². The van der Waals surface area contributed by atoms with Crippen molar-refractivity contribution in [3.8, 4) is 0 Å². The molecule has 3 aliphatic heterocycles. The van der Waals surface area contributed by atoms with Gasteiger partial charge in [0.05, 0.1) is 6.10 Å². The van der Waals surface area contributed by atoms with Gasteiger partial charge in [-0.2, -0.15) is 9.97 Å². The van der Waals surface area contributed by atoms with Crippen molar-refractivity contribution >= 4 is 40.3 Å². The van der Waals surface area contributed by atoms with Crippen LogP contribution in [0.2, 0.25) is 5.15 Å². The number of hydrogen-bond donors (Lipinski definition) is 2. The predicted molar refractivity (Wildman–Crippen MR) is 110 cm³/mol. The van der Waals surface area contributed by atoms with Gasteiger partial charge in [-0.3, -0.25) is 0 Å². The Morgan fingerprint density at radius 2 is 1.64 bits per heavy atom. The van der Waals surface area contributed by atoms with Gasteiger partial charge in [-0.15, -0.1) is 0 Å². The molecule has 5 heterocycles. The molecule has 0 bridgehead atoms. The minimum absolute atomic E-state index is 0.348. The van der Waals surface area contributed by atoms with Gasteiger partial charge in [-0.25, -0.2) is 9.97 Å². The summed E-state index contributed by atoms with van der Waals surface area (Å²) >= 11 is 6.51. The highest BCUT2D eigenvalue weighted by Crippen LogP contribution is 2.32. The van der Waals surface area contributed by atoms with Crippen LogP contribution in [0.4, 0.5) is 17.6 Å². The maximum absolute atomic E-state index is 9.89. The van der Waals surface area contributed by atoms with Crippen molar-refractivity contribution in [1.29, 1.82) is 0 Å². The molecule has 0 radical (unpaired) electrons. The van der Waals surface area contributed by atoms with Crippen LogP contribution in [-0.4, -0.2) is 83.5 Å². The van der Waals surface area contributed by atoms with Crippen molar-refractivity contribution in [2.45, 2.75) is 25.4 Å². The maximum atomic E-state index is 9.89. The van der Waals surface area contributed by atoms with Gasteiger partial charge in [-0.05, 0) is 19.3 Å². The fourth-order valence-electron chi connectivity index (χ4n) is 4.18. The van der Waals surface area contributed by atoms with Crippen LogP contribution in [-0.2, 0) is 0 Å². The summed E-state index contributed by atoms with van der Waals surface area (Å²) in [5.74, 6) is 2.14. The molecule has 10 heteroatoms. The first-order valence-corrected chi connectivity index (χ1v) is 10.5. The van der Waals surface area contributed by atoms with Gasteiger partial charge in [0, 0.05) is 52.4 Å². The molecule has 3 saturated heterocycles. The number of nitrogens with zero attached hydrogens (tertiary/aromatic N) is 7. The van der Waals surface area contributed by atoms with Crippen molar-refractivity contribution in [3.05, 3.63) is 5.15 Å². The molecule has 3 fully saturated rings. The fourth-order valence-corrected chi connectivity index (χ4v) is 4.43. The fraction of sp³-hybridized carbons (Fsp3) is 0.667. The summed E-state index contributed by atoms with van der Waals surface area (Å²) in [6.45, 7) is 6.75. The Balaban J connectivity index is 1.61. The van der Waals surface area contributed by atoms with Gasteiger partial charge in [-0.1, -0.05) is 11.6 Å². The van der Waals surface area contributed by atoms with Gasteiger partial charge >= 0.3 is 0 Å². The summed E-state index contributed by atoms with van der Waals surface area (Å²) in [5.41, 5.74) is 1.24. The van der Waals surface area contributed by atoms with Gasteiger partial charge in [0.15, 0.2) is 28.0 Å². The van der Waals surface area contributed by atoms with Crippen molar-refractivity contribution in [1.82, 2.24) is 25.3 Å². The highest BCUT2D eigenvalue weighted by Gasteiger charge is 2.27. The van der Waals surface area contributed by atoms with Crippen LogP contribution >= 0.6 is 11.6 Å². The first-order valence-electron chi connectivity index (χ1n) is 10.1. The standard InChI is InChI=1S/C18H25ClN8O/c19-14-17(27-8-3-12(28)11-27)22-15-13(21-14)16(25-6-1-2-7-25)24-18(23-15)26-9-4-20-5-10-26/h12,20,28H,1-11H2. The molecule has 2 aromatic heterocycles. The van der Waals surface area contributed by atoms with E-state index in [0.29, 0.717) is 41.0 Å². The molecule has 150 valence electrons. The van der Waals surface area contributed by atoms with Gasteiger partial charge in [0.2, 0.25) is 5.95 Å². The molecule has 0 spiro atoms. The molecule has 5 rings (SSSR count). The monoisotopic (exact) mass is 404 g/mol. The third kappa shape index (κ3) is 3.31. The first-order chi connectivity index (χ1) is 13.7. The second kappa shape index (κ2) is 7.46. The quantitative estimate of drug-likeness (QED) is 0.764. The number of nitrogens with one attached hydrogen (secondary N) is 1. The number of aliphatic hydroxyl groups excluding tert-OH is 1. The third-order valence-corrected chi connectivity index (χ3v) is 5.96. The molecular weight excluding hydrogens is 380 g/mol. The smallest absolute Gasteiger partial charge is 0.229 e. The van der Waals surface area contributed by atoms with Crippen LogP contribution in [0.3, 0.4) is 0 Å². The normalized spacial score (nSPS) is 23.2. The number of hydrogen-bond acceptors (Lipinski definition) is 9. The van der Waals surface area contributed by atoms with Crippen LogP contribution in [0.25, 0.3) is 11.2 Å². The third-order valence-electron chi connectivity index (χ3n) is 5.71. The van der Waals surface area contributed by atoms with E-state index in [9.17, 15) is 5.11 Å². The number of aliphatic hydroxyl groups is 1. The summed E-state index contributed by atoms with van der Waals surface area (Å²) in [5, 5.41) is 13.6. The number of halogens is 1. The highest BCUT2D eigenvalue weighted by atomic mass is 35.5. The van der Waals surface area contributed by atoms with Crippen LogP contribution in [0, 0.1) is 0 Å². The van der Waals surface area contributed by atoms with E-state index in [0.717, 1.165) is 64.5 Å². The lowest BCUT2D eigenvalue weighted by Crippen LogP contribution is -2.44. The average molecular weight is 405 g/mol. The van der Waals surface area contributed by atoms with Crippen molar-refractivity contribution in [2.75, 3.05) is 67.1 Å².